The zero-order chi connectivity index (χ0) is 12.5. The first-order chi connectivity index (χ1) is 8.75. The average molecular weight is 245 g/mol. The van der Waals surface area contributed by atoms with Crippen molar-refractivity contribution < 1.29 is 4.79 Å². The number of nitrogens with two attached hydrogens (primary N) is 1. The van der Waals surface area contributed by atoms with Crippen LogP contribution in [0.4, 0.5) is 5.95 Å². The van der Waals surface area contributed by atoms with E-state index in [4.69, 9.17) is 5.73 Å². The predicted octanol–water partition coefficient (Wildman–Crippen LogP) is 0.540. The Hall–Kier alpha value is -2.11. The van der Waals surface area contributed by atoms with Crippen molar-refractivity contribution in [2.45, 2.75) is 19.4 Å². The molecule has 0 unspecified atom stereocenters. The molecule has 0 aliphatic heterocycles. The van der Waals surface area contributed by atoms with Crippen molar-refractivity contribution in [2.75, 3.05) is 12.3 Å². The normalized spacial score (nSPS) is 14.9. The summed E-state index contributed by atoms with van der Waals surface area (Å²) in [7, 11) is 0. The number of nitrogens with one attached hydrogen (secondary N) is 1. The van der Waals surface area contributed by atoms with Gasteiger partial charge in [0.1, 0.15) is 5.52 Å². The van der Waals surface area contributed by atoms with E-state index in [-0.39, 0.29) is 11.8 Å². The Kier molecular flexibility index (Phi) is 2.62. The zero-order valence-electron chi connectivity index (χ0n) is 9.97. The number of pyridine rings is 1. The van der Waals surface area contributed by atoms with Crippen LogP contribution in [-0.2, 0) is 11.3 Å². The first-order valence-electron chi connectivity index (χ1n) is 6.09. The van der Waals surface area contributed by atoms with E-state index in [0.29, 0.717) is 19.0 Å². The van der Waals surface area contributed by atoms with Gasteiger partial charge in [0.05, 0.1) is 11.7 Å². The average Bonchev–Trinajstić information content (AvgIpc) is 3.15. The SMILES string of the molecule is Nc1nc2cnccc2n1CCNC(=O)C1CC1. The fraction of sp³-hybridized carbons (Fsp3) is 0.417. The maximum atomic E-state index is 11.5. The highest BCUT2D eigenvalue weighted by Gasteiger charge is 2.29. The smallest absolute Gasteiger partial charge is 0.223 e. The number of nitrogen functional groups attached to an aromatic ring is 1. The first-order valence-corrected chi connectivity index (χ1v) is 6.09. The minimum absolute atomic E-state index is 0.152. The van der Waals surface area contributed by atoms with Gasteiger partial charge in [-0.25, -0.2) is 4.98 Å². The highest BCUT2D eigenvalue weighted by atomic mass is 16.2. The molecule has 18 heavy (non-hydrogen) atoms. The summed E-state index contributed by atoms with van der Waals surface area (Å²) in [5.74, 6) is 0.851. The van der Waals surface area contributed by atoms with E-state index in [1.165, 1.54) is 0 Å². The molecule has 0 radical (unpaired) electrons. The Morgan fingerprint density at radius 3 is 3.17 bits per heavy atom. The fourth-order valence-corrected chi connectivity index (χ4v) is 2.02. The molecule has 1 amide bonds. The Labute approximate surface area is 104 Å². The minimum Gasteiger partial charge on any atom is -0.369 e. The molecule has 1 aliphatic rings. The second-order valence-electron chi connectivity index (χ2n) is 4.55. The van der Waals surface area contributed by atoms with Crippen LogP contribution in [0.2, 0.25) is 0 Å². The monoisotopic (exact) mass is 245 g/mol. The van der Waals surface area contributed by atoms with Crippen molar-refractivity contribution in [3.63, 3.8) is 0 Å². The summed E-state index contributed by atoms with van der Waals surface area (Å²) in [6.07, 6.45) is 5.44. The second-order valence-corrected chi connectivity index (χ2v) is 4.55. The van der Waals surface area contributed by atoms with Gasteiger partial charge in [-0.05, 0) is 18.9 Å². The summed E-state index contributed by atoms with van der Waals surface area (Å²) in [6, 6.07) is 1.88. The van der Waals surface area contributed by atoms with Crippen LogP contribution in [0.5, 0.6) is 0 Å². The lowest BCUT2D eigenvalue weighted by Crippen LogP contribution is -2.28. The van der Waals surface area contributed by atoms with E-state index in [2.05, 4.69) is 15.3 Å². The van der Waals surface area contributed by atoms with E-state index in [1.54, 1.807) is 12.4 Å². The van der Waals surface area contributed by atoms with E-state index in [0.717, 1.165) is 23.9 Å². The molecule has 6 nitrogen and oxygen atoms in total. The third-order valence-electron chi connectivity index (χ3n) is 3.16. The molecule has 94 valence electrons. The molecule has 0 atom stereocenters. The van der Waals surface area contributed by atoms with Crippen molar-refractivity contribution >= 4 is 22.9 Å². The molecular formula is C12H15N5O. The van der Waals surface area contributed by atoms with Crippen LogP contribution in [0.3, 0.4) is 0 Å². The minimum atomic E-state index is 0.152. The summed E-state index contributed by atoms with van der Waals surface area (Å²) < 4.78 is 1.89. The number of amides is 1. The molecule has 3 rings (SSSR count). The van der Waals surface area contributed by atoms with Gasteiger partial charge >= 0.3 is 0 Å². The summed E-state index contributed by atoms with van der Waals surface area (Å²) in [5, 5.41) is 2.92. The number of hydrogen-bond acceptors (Lipinski definition) is 4. The maximum Gasteiger partial charge on any atom is 0.223 e. The lowest BCUT2D eigenvalue weighted by molar-refractivity contribution is -0.122. The fourth-order valence-electron chi connectivity index (χ4n) is 2.02. The molecule has 1 aliphatic carbocycles. The summed E-state index contributed by atoms with van der Waals surface area (Å²) in [4.78, 5) is 19.7. The molecule has 2 aromatic rings. The largest absolute Gasteiger partial charge is 0.369 e. The third-order valence-corrected chi connectivity index (χ3v) is 3.16. The van der Waals surface area contributed by atoms with Crippen LogP contribution < -0.4 is 11.1 Å². The van der Waals surface area contributed by atoms with Crippen LogP contribution in [0.25, 0.3) is 11.0 Å². The summed E-state index contributed by atoms with van der Waals surface area (Å²) >= 11 is 0. The van der Waals surface area contributed by atoms with Crippen molar-refractivity contribution in [1.29, 1.82) is 0 Å². The van der Waals surface area contributed by atoms with E-state index in [9.17, 15) is 4.79 Å². The predicted molar refractivity (Wildman–Crippen MR) is 67.7 cm³/mol. The molecule has 0 bridgehead atoms. The number of carbonyl (C=O) groups is 1. The molecule has 1 fully saturated rings. The second kappa shape index (κ2) is 4.29. The van der Waals surface area contributed by atoms with Crippen molar-refractivity contribution in [1.82, 2.24) is 19.9 Å². The quantitative estimate of drug-likeness (QED) is 0.823. The van der Waals surface area contributed by atoms with Gasteiger partial charge in [0, 0.05) is 25.2 Å². The Morgan fingerprint density at radius 2 is 2.39 bits per heavy atom. The van der Waals surface area contributed by atoms with Gasteiger partial charge in [0.25, 0.3) is 0 Å². The number of nitrogens with zero attached hydrogens (tertiary/aromatic N) is 3. The molecule has 1 saturated carbocycles. The van der Waals surface area contributed by atoms with Crippen molar-refractivity contribution in [3.05, 3.63) is 18.5 Å². The van der Waals surface area contributed by atoms with Crippen LogP contribution in [-0.4, -0.2) is 27.0 Å². The molecule has 0 aromatic carbocycles. The van der Waals surface area contributed by atoms with Gasteiger partial charge in [0.2, 0.25) is 11.9 Å². The summed E-state index contributed by atoms with van der Waals surface area (Å²) in [5.41, 5.74) is 7.58. The van der Waals surface area contributed by atoms with Crippen LogP contribution in [0, 0.1) is 5.92 Å². The molecule has 6 heteroatoms. The van der Waals surface area contributed by atoms with Gasteiger partial charge in [-0.1, -0.05) is 0 Å². The standard InChI is InChI=1S/C12H15N5O/c13-12-16-9-7-14-4-3-10(9)17(12)6-5-15-11(18)8-1-2-8/h3-4,7-8H,1-2,5-6H2,(H2,13,16)(H,15,18). The van der Waals surface area contributed by atoms with Crippen LogP contribution in [0.15, 0.2) is 18.5 Å². The lowest BCUT2D eigenvalue weighted by Gasteiger charge is -2.07. The van der Waals surface area contributed by atoms with Crippen molar-refractivity contribution in [3.8, 4) is 0 Å². The molecule has 0 spiro atoms. The van der Waals surface area contributed by atoms with Gasteiger partial charge in [-0.2, -0.15) is 0 Å². The Bertz CT molecular complexity index is 587. The third kappa shape index (κ3) is 2.01. The van der Waals surface area contributed by atoms with E-state index < -0.39 is 0 Å². The van der Waals surface area contributed by atoms with Gasteiger partial charge in [-0.3, -0.25) is 9.78 Å². The molecule has 2 heterocycles. The molecule has 3 N–H and O–H groups in total. The van der Waals surface area contributed by atoms with Gasteiger partial charge in [0.15, 0.2) is 0 Å². The summed E-state index contributed by atoms with van der Waals surface area (Å²) in [6.45, 7) is 1.21. The van der Waals surface area contributed by atoms with E-state index in [1.807, 2.05) is 10.6 Å². The van der Waals surface area contributed by atoms with Gasteiger partial charge in [-0.15, -0.1) is 0 Å². The molecular weight excluding hydrogens is 230 g/mol. The number of anilines is 1. The van der Waals surface area contributed by atoms with Gasteiger partial charge < -0.3 is 15.6 Å². The zero-order valence-corrected chi connectivity index (χ0v) is 9.97. The van der Waals surface area contributed by atoms with E-state index >= 15 is 0 Å². The maximum absolute atomic E-state index is 11.5. The molecule has 2 aromatic heterocycles. The first kappa shape index (κ1) is 11.0. The number of aromatic nitrogens is 3. The Morgan fingerprint density at radius 1 is 1.56 bits per heavy atom. The number of rotatable bonds is 4. The number of imidazole rings is 1. The highest BCUT2D eigenvalue weighted by molar-refractivity contribution is 5.81. The Balaban J connectivity index is 1.69. The highest BCUT2D eigenvalue weighted by Crippen LogP contribution is 2.28. The van der Waals surface area contributed by atoms with Crippen molar-refractivity contribution in [2.24, 2.45) is 5.92 Å². The lowest BCUT2D eigenvalue weighted by atomic mass is 10.4. The number of hydrogen-bond donors (Lipinski definition) is 2. The van der Waals surface area contributed by atoms with Crippen LogP contribution >= 0.6 is 0 Å². The molecule has 0 saturated heterocycles. The number of fused-ring (bicyclic) bond motifs is 1. The topological polar surface area (TPSA) is 85.8 Å². The van der Waals surface area contributed by atoms with Crippen LogP contribution in [0.1, 0.15) is 12.8 Å². The number of carbonyl (C=O) groups excluding carboxylic acids is 1.